The van der Waals surface area contributed by atoms with Crippen LogP contribution in [0.25, 0.3) is 11.1 Å². The van der Waals surface area contributed by atoms with Gasteiger partial charge in [-0.1, -0.05) is 23.7 Å². The number of nitrogens with one attached hydrogen (secondary N) is 1. The highest BCUT2D eigenvalue weighted by molar-refractivity contribution is 6.30. The molecule has 200 valence electrons. The Bertz CT molecular complexity index is 1680. The summed E-state index contributed by atoms with van der Waals surface area (Å²) in [7, 11) is 0. The molecule has 0 unspecified atom stereocenters. The summed E-state index contributed by atoms with van der Waals surface area (Å²) in [5.74, 6) is -1.61. The molecule has 0 spiro atoms. The van der Waals surface area contributed by atoms with Gasteiger partial charge in [0.05, 0.1) is 35.8 Å². The molecular formula is C24H13ClF5N5O4. The maximum absolute atomic E-state index is 13.6. The van der Waals surface area contributed by atoms with Gasteiger partial charge in [-0.25, -0.2) is 10.1 Å². The third-order valence-electron chi connectivity index (χ3n) is 5.06. The lowest BCUT2D eigenvalue weighted by molar-refractivity contribution is -0.142. The molecule has 0 saturated heterocycles. The van der Waals surface area contributed by atoms with Crippen molar-refractivity contribution in [3.05, 3.63) is 97.5 Å². The standard InChI is InChI=1S/C24H13ClF5N5O4/c25-14-5-12(9-31)6-17(7-14)38-19-20(24(28,29)30)32-11-35(22(19)37)10-15-8-18(21(36)34-33-15)13-1-3-16(4-2-13)39-23(26)27/h1-8,11,23H,10H2,(H,34,36). The molecule has 0 aliphatic rings. The predicted molar refractivity (Wildman–Crippen MR) is 126 cm³/mol. The van der Waals surface area contributed by atoms with Gasteiger partial charge in [0.25, 0.3) is 11.1 Å². The van der Waals surface area contributed by atoms with Gasteiger partial charge in [-0.2, -0.15) is 32.3 Å². The van der Waals surface area contributed by atoms with Crippen LogP contribution in [0.1, 0.15) is 17.0 Å². The molecule has 9 nitrogen and oxygen atoms in total. The molecule has 1 N–H and O–H groups in total. The van der Waals surface area contributed by atoms with Crippen molar-refractivity contribution in [3.8, 4) is 34.4 Å². The summed E-state index contributed by atoms with van der Waals surface area (Å²) in [6.07, 6.45) is -4.42. The van der Waals surface area contributed by atoms with Gasteiger partial charge < -0.3 is 9.47 Å². The summed E-state index contributed by atoms with van der Waals surface area (Å²) in [4.78, 5) is 28.7. The van der Waals surface area contributed by atoms with Crippen LogP contribution in [0, 0.1) is 11.3 Å². The van der Waals surface area contributed by atoms with Crippen LogP contribution in [0.2, 0.25) is 5.02 Å². The van der Waals surface area contributed by atoms with Crippen LogP contribution in [-0.2, 0) is 12.7 Å². The van der Waals surface area contributed by atoms with E-state index >= 15 is 0 Å². The number of alkyl halides is 5. The molecule has 39 heavy (non-hydrogen) atoms. The highest BCUT2D eigenvalue weighted by Gasteiger charge is 2.38. The summed E-state index contributed by atoms with van der Waals surface area (Å²) in [5.41, 5.74) is -3.15. The molecule has 0 amide bonds. The van der Waals surface area contributed by atoms with E-state index in [1.807, 2.05) is 0 Å². The van der Waals surface area contributed by atoms with Crippen LogP contribution in [0.5, 0.6) is 17.2 Å². The quantitative estimate of drug-likeness (QED) is 0.314. The summed E-state index contributed by atoms with van der Waals surface area (Å²) in [6, 6.07) is 11.6. The Morgan fingerprint density at radius 1 is 1.08 bits per heavy atom. The smallest absolute Gasteiger partial charge is 0.437 e. The van der Waals surface area contributed by atoms with Crippen molar-refractivity contribution < 1.29 is 31.4 Å². The number of benzene rings is 2. The minimum Gasteiger partial charge on any atom is -0.449 e. The normalized spacial score (nSPS) is 11.3. The zero-order valence-electron chi connectivity index (χ0n) is 19.2. The maximum atomic E-state index is 13.6. The molecule has 15 heteroatoms. The van der Waals surface area contributed by atoms with Crippen LogP contribution in [0.15, 0.2) is 64.4 Å². The molecule has 2 aromatic carbocycles. The van der Waals surface area contributed by atoms with E-state index in [2.05, 4.69) is 19.9 Å². The van der Waals surface area contributed by atoms with Gasteiger partial charge in [-0.3, -0.25) is 14.2 Å². The number of H-pyrrole nitrogens is 1. The number of halogens is 6. The van der Waals surface area contributed by atoms with E-state index in [-0.39, 0.29) is 38.9 Å². The second-order valence-corrected chi connectivity index (χ2v) is 8.18. The number of nitriles is 1. The molecule has 0 aliphatic carbocycles. The van der Waals surface area contributed by atoms with Crippen molar-refractivity contribution in [3.63, 3.8) is 0 Å². The molecule has 0 saturated carbocycles. The molecule has 4 rings (SSSR count). The first kappa shape index (κ1) is 27.3. The van der Waals surface area contributed by atoms with Crippen molar-refractivity contribution in [1.29, 1.82) is 5.26 Å². The largest absolute Gasteiger partial charge is 0.449 e. The van der Waals surface area contributed by atoms with Crippen molar-refractivity contribution in [2.45, 2.75) is 19.3 Å². The van der Waals surface area contributed by atoms with Crippen molar-refractivity contribution >= 4 is 11.6 Å². The lowest BCUT2D eigenvalue weighted by Gasteiger charge is -2.15. The van der Waals surface area contributed by atoms with E-state index in [9.17, 15) is 31.5 Å². The Hall–Kier alpha value is -4.77. The van der Waals surface area contributed by atoms with Gasteiger partial charge in [0.2, 0.25) is 5.75 Å². The van der Waals surface area contributed by atoms with E-state index in [4.69, 9.17) is 21.6 Å². The van der Waals surface area contributed by atoms with Crippen molar-refractivity contribution in [2.75, 3.05) is 0 Å². The highest BCUT2D eigenvalue weighted by atomic mass is 35.5. The Labute approximate surface area is 219 Å². The minimum absolute atomic E-state index is 0.0133. The first-order valence-corrected chi connectivity index (χ1v) is 11.0. The van der Waals surface area contributed by atoms with E-state index in [1.165, 1.54) is 36.4 Å². The Kier molecular flexibility index (Phi) is 7.63. The lowest BCUT2D eigenvalue weighted by Crippen LogP contribution is -2.27. The summed E-state index contributed by atoms with van der Waals surface area (Å²) >= 11 is 5.88. The average molecular weight is 566 g/mol. The highest BCUT2D eigenvalue weighted by Crippen LogP contribution is 2.35. The van der Waals surface area contributed by atoms with Crippen molar-refractivity contribution in [2.24, 2.45) is 0 Å². The Morgan fingerprint density at radius 2 is 1.79 bits per heavy atom. The SMILES string of the molecule is N#Cc1cc(Cl)cc(Oc2c(C(F)(F)F)ncn(Cc3cc(-c4ccc(OC(F)F)cc4)c(=O)[nH]n3)c2=O)c1. The molecule has 4 aromatic rings. The third-order valence-corrected chi connectivity index (χ3v) is 5.28. The zero-order valence-corrected chi connectivity index (χ0v) is 19.9. The molecule has 2 aromatic heterocycles. The van der Waals surface area contributed by atoms with Crippen LogP contribution >= 0.6 is 11.6 Å². The van der Waals surface area contributed by atoms with Gasteiger partial charge in [0.1, 0.15) is 11.5 Å². The van der Waals surface area contributed by atoms with Gasteiger partial charge in [0, 0.05) is 5.02 Å². The topological polar surface area (TPSA) is 123 Å². The Balaban J connectivity index is 1.71. The summed E-state index contributed by atoms with van der Waals surface area (Å²) in [5, 5.41) is 15.1. The van der Waals surface area contributed by atoms with Gasteiger partial charge >= 0.3 is 12.8 Å². The van der Waals surface area contributed by atoms with E-state index in [0.717, 1.165) is 16.7 Å². The number of hydrogen-bond acceptors (Lipinski definition) is 7. The summed E-state index contributed by atoms with van der Waals surface area (Å²) in [6.45, 7) is -3.47. The Morgan fingerprint density at radius 3 is 2.44 bits per heavy atom. The van der Waals surface area contributed by atoms with E-state index in [0.29, 0.717) is 6.33 Å². The molecule has 0 aliphatic heterocycles. The zero-order chi connectivity index (χ0) is 28.3. The van der Waals surface area contributed by atoms with Crippen LogP contribution in [0.3, 0.4) is 0 Å². The predicted octanol–water partition coefficient (Wildman–Crippen LogP) is 4.98. The van der Waals surface area contributed by atoms with Crippen LogP contribution in [-0.4, -0.2) is 26.4 Å². The number of rotatable bonds is 7. The van der Waals surface area contributed by atoms with E-state index < -0.39 is 41.9 Å². The fraction of sp³-hybridized carbons (Fsp3) is 0.125. The van der Waals surface area contributed by atoms with Gasteiger partial charge in [-0.05, 0) is 42.0 Å². The number of aromatic nitrogens is 4. The first-order valence-electron chi connectivity index (χ1n) is 10.6. The lowest BCUT2D eigenvalue weighted by atomic mass is 10.1. The maximum Gasteiger partial charge on any atom is 0.437 e. The molecule has 0 atom stereocenters. The first-order chi connectivity index (χ1) is 18.4. The number of ether oxygens (including phenoxy) is 2. The van der Waals surface area contributed by atoms with Crippen LogP contribution < -0.4 is 20.6 Å². The van der Waals surface area contributed by atoms with Crippen LogP contribution in [0.4, 0.5) is 22.0 Å². The molecule has 0 radical (unpaired) electrons. The second kappa shape index (κ2) is 10.9. The number of hydrogen-bond donors (Lipinski definition) is 1. The molecule has 0 bridgehead atoms. The van der Waals surface area contributed by atoms with Crippen molar-refractivity contribution in [1.82, 2.24) is 19.7 Å². The fourth-order valence-electron chi connectivity index (χ4n) is 3.41. The number of nitrogens with zero attached hydrogens (tertiary/aromatic N) is 4. The number of aromatic amines is 1. The average Bonchev–Trinajstić information content (AvgIpc) is 2.86. The summed E-state index contributed by atoms with van der Waals surface area (Å²) < 4.78 is 75.9. The molecule has 0 fully saturated rings. The van der Waals surface area contributed by atoms with Gasteiger partial charge in [-0.15, -0.1) is 0 Å². The second-order valence-electron chi connectivity index (χ2n) is 7.75. The minimum atomic E-state index is -5.06. The fourth-order valence-corrected chi connectivity index (χ4v) is 3.64. The third kappa shape index (κ3) is 6.39. The monoisotopic (exact) mass is 565 g/mol. The van der Waals surface area contributed by atoms with Gasteiger partial charge in [0.15, 0.2) is 5.69 Å². The molecule has 2 heterocycles. The van der Waals surface area contributed by atoms with E-state index in [1.54, 1.807) is 6.07 Å². The molecular weight excluding hydrogens is 553 g/mol.